The highest BCUT2D eigenvalue weighted by Gasteiger charge is 2.53. The monoisotopic (exact) mass is 194 g/mol. The average Bonchev–Trinajstić information content (AvgIpc) is 2.07. The summed E-state index contributed by atoms with van der Waals surface area (Å²) in [6, 6.07) is 0. The Kier molecular flexibility index (Phi) is 2.37. The van der Waals surface area contributed by atoms with Crippen molar-refractivity contribution in [2.24, 2.45) is 0 Å². The molecule has 1 fully saturated rings. The van der Waals surface area contributed by atoms with Crippen LogP contribution in [-0.2, 0) is 4.12 Å². The lowest BCUT2D eigenvalue weighted by atomic mass is 11.2. The van der Waals surface area contributed by atoms with E-state index in [1.807, 2.05) is 22.8 Å². The van der Waals surface area contributed by atoms with Crippen molar-refractivity contribution in [3.63, 3.8) is 0 Å². The molecule has 0 spiro atoms. The second-order valence-corrected chi connectivity index (χ2v) is 10.7. The van der Waals surface area contributed by atoms with E-state index in [1.54, 1.807) is 0 Å². The van der Waals surface area contributed by atoms with Gasteiger partial charge in [0.25, 0.3) is 0 Å². The van der Waals surface area contributed by atoms with E-state index in [0.717, 1.165) is 5.67 Å². The van der Waals surface area contributed by atoms with Gasteiger partial charge in [-0.25, -0.2) is 0 Å². The first-order valence-electron chi connectivity index (χ1n) is 3.90. The fraction of sp³-hybridized carbons (Fsp3) is 0.111. The summed E-state index contributed by atoms with van der Waals surface area (Å²) in [6.07, 6.45) is 0. The van der Waals surface area contributed by atoms with E-state index < -0.39 is 16.6 Å². The molecule has 0 saturated carbocycles. The molecule has 0 aliphatic carbocycles. The smallest absolute Gasteiger partial charge is 0.229 e. The summed E-state index contributed by atoms with van der Waals surface area (Å²) in [7, 11) is -3.44. The van der Waals surface area contributed by atoms with Gasteiger partial charge in [-0.1, -0.05) is 22.8 Å². The molecule has 64 valence electrons. The summed E-state index contributed by atoms with van der Waals surface area (Å²) in [6.45, 7) is 15.1. The standard InChI is InChI=1S/C9H14OSi2/c1-5-11(6-2)9-12(7-3,8-4)10-11/h5-8H,1-4,9H2. The Labute approximate surface area is 76.0 Å². The van der Waals surface area contributed by atoms with Crippen molar-refractivity contribution < 1.29 is 4.12 Å². The highest BCUT2D eigenvalue weighted by atomic mass is 28.5. The lowest BCUT2D eigenvalue weighted by Crippen LogP contribution is -2.63. The molecule has 0 aromatic carbocycles. The van der Waals surface area contributed by atoms with Crippen LogP contribution in [0.3, 0.4) is 0 Å². The van der Waals surface area contributed by atoms with Gasteiger partial charge in [-0.05, 0) is 5.67 Å². The number of rotatable bonds is 4. The summed E-state index contributed by atoms with van der Waals surface area (Å²) in [5.41, 5.74) is 8.80. The van der Waals surface area contributed by atoms with Crippen LogP contribution >= 0.6 is 0 Å². The lowest BCUT2D eigenvalue weighted by Gasteiger charge is -2.47. The summed E-state index contributed by atoms with van der Waals surface area (Å²) < 4.78 is 5.92. The molecule has 1 nitrogen and oxygen atoms in total. The summed E-state index contributed by atoms with van der Waals surface area (Å²) in [5, 5.41) is 0. The van der Waals surface area contributed by atoms with E-state index in [0.29, 0.717) is 0 Å². The molecule has 1 aliphatic rings. The van der Waals surface area contributed by atoms with Gasteiger partial charge in [0.05, 0.1) is 0 Å². The maximum Gasteiger partial charge on any atom is 0.229 e. The number of hydrogen-bond donors (Lipinski definition) is 0. The zero-order valence-electron chi connectivity index (χ0n) is 7.25. The predicted octanol–water partition coefficient (Wildman–Crippen LogP) is 2.35. The molecule has 0 bridgehead atoms. The van der Waals surface area contributed by atoms with Gasteiger partial charge in [0, 0.05) is 0 Å². The molecule has 0 aromatic heterocycles. The van der Waals surface area contributed by atoms with Crippen LogP contribution < -0.4 is 0 Å². The Hall–Kier alpha value is -0.646. The normalized spacial score (nSPS) is 23.3. The predicted molar refractivity (Wildman–Crippen MR) is 58.2 cm³/mol. The van der Waals surface area contributed by atoms with E-state index >= 15 is 0 Å². The second-order valence-electron chi connectivity index (χ2n) is 3.01. The molecule has 0 N–H and O–H groups in total. The van der Waals surface area contributed by atoms with Crippen molar-refractivity contribution >= 4 is 16.6 Å². The molecule has 12 heavy (non-hydrogen) atoms. The SMILES string of the molecule is C=C[Si]1(C=C)C[Si](C=C)(C=C)O1. The highest BCUT2D eigenvalue weighted by Crippen LogP contribution is 2.38. The van der Waals surface area contributed by atoms with E-state index in [9.17, 15) is 0 Å². The topological polar surface area (TPSA) is 9.23 Å². The third-order valence-corrected chi connectivity index (χ3v) is 12.5. The zero-order chi connectivity index (χ0) is 9.24. The van der Waals surface area contributed by atoms with Crippen LogP contribution in [0.2, 0.25) is 5.67 Å². The minimum Gasteiger partial charge on any atom is -0.443 e. The molecule has 0 unspecified atom stereocenters. The van der Waals surface area contributed by atoms with Crippen LogP contribution in [-0.4, -0.2) is 16.6 Å². The highest BCUT2D eigenvalue weighted by molar-refractivity contribution is 7.12. The third kappa shape index (κ3) is 1.20. The van der Waals surface area contributed by atoms with Crippen LogP contribution in [0.15, 0.2) is 49.1 Å². The first-order chi connectivity index (χ1) is 5.66. The Morgan fingerprint density at radius 2 is 1.08 bits per heavy atom. The van der Waals surface area contributed by atoms with Crippen molar-refractivity contribution in [1.82, 2.24) is 0 Å². The Morgan fingerprint density at radius 3 is 1.25 bits per heavy atom. The van der Waals surface area contributed by atoms with Crippen molar-refractivity contribution in [2.75, 3.05) is 0 Å². The molecule has 1 rings (SSSR count). The molecule has 1 aliphatic heterocycles. The maximum absolute atomic E-state index is 5.92. The molecule has 0 radical (unpaired) electrons. The molecular formula is C9H14OSi2. The van der Waals surface area contributed by atoms with Gasteiger partial charge in [-0.15, -0.1) is 26.3 Å². The largest absolute Gasteiger partial charge is 0.443 e. The van der Waals surface area contributed by atoms with Gasteiger partial charge in [-0.2, -0.15) is 0 Å². The van der Waals surface area contributed by atoms with Crippen LogP contribution in [0.5, 0.6) is 0 Å². The molecule has 1 heterocycles. The molecule has 3 heteroatoms. The van der Waals surface area contributed by atoms with Gasteiger partial charge in [-0.3, -0.25) is 0 Å². The van der Waals surface area contributed by atoms with E-state index in [2.05, 4.69) is 26.3 Å². The van der Waals surface area contributed by atoms with Crippen LogP contribution in [0.25, 0.3) is 0 Å². The first-order valence-corrected chi connectivity index (χ1v) is 8.44. The molecule has 0 amide bonds. The van der Waals surface area contributed by atoms with Crippen molar-refractivity contribution in [3.8, 4) is 0 Å². The summed E-state index contributed by atoms with van der Waals surface area (Å²) >= 11 is 0. The van der Waals surface area contributed by atoms with Gasteiger partial charge < -0.3 is 4.12 Å². The van der Waals surface area contributed by atoms with E-state index in [1.165, 1.54) is 0 Å². The molecular weight excluding hydrogens is 180 g/mol. The van der Waals surface area contributed by atoms with Crippen LogP contribution in [0.1, 0.15) is 0 Å². The van der Waals surface area contributed by atoms with Gasteiger partial charge in [0.15, 0.2) is 0 Å². The van der Waals surface area contributed by atoms with Crippen molar-refractivity contribution in [2.45, 2.75) is 5.67 Å². The fourth-order valence-corrected chi connectivity index (χ4v) is 11.6. The Bertz CT molecular complexity index is 195. The molecule has 0 atom stereocenters. The van der Waals surface area contributed by atoms with Crippen molar-refractivity contribution in [3.05, 3.63) is 49.1 Å². The maximum atomic E-state index is 5.92. The molecule has 1 saturated heterocycles. The zero-order valence-corrected chi connectivity index (χ0v) is 9.25. The van der Waals surface area contributed by atoms with Gasteiger partial charge in [0.2, 0.25) is 16.6 Å². The van der Waals surface area contributed by atoms with Crippen LogP contribution in [0.4, 0.5) is 0 Å². The van der Waals surface area contributed by atoms with E-state index in [-0.39, 0.29) is 0 Å². The summed E-state index contributed by atoms with van der Waals surface area (Å²) in [4.78, 5) is 0. The number of hydrogen-bond acceptors (Lipinski definition) is 1. The van der Waals surface area contributed by atoms with Gasteiger partial charge >= 0.3 is 0 Å². The first kappa shape index (κ1) is 9.44. The van der Waals surface area contributed by atoms with Crippen molar-refractivity contribution in [1.29, 1.82) is 0 Å². The van der Waals surface area contributed by atoms with Gasteiger partial charge in [0.1, 0.15) is 0 Å². The van der Waals surface area contributed by atoms with Crippen LogP contribution in [0, 0.1) is 0 Å². The third-order valence-electron chi connectivity index (χ3n) is 2.31. The Morgan fingerprint density at radius 1 is 0.833 bits per heavy atom. The Balaban J connectivity index is 2.77. The minimum absolute atomic E-state index is 1.08. The van der Waals surface area contributed by atoms with E-state index in [4.69, 9.17) is 4.12 Å². The summed E-state index contributed by atoms with van der Waals surface area (Å²) in [5.74, 6) is 0. The average molecular weight is 194 g/mol. The molecule has 0 aromatic rings. The second kappa shape index (κ2) is 3.01. The lowest BCUT2D eigenvalue weighted by molar-refractivity contribution is 0.529. The fourth-order valence-electron chi connectivity index (χ4n) is 1.40. The minimum atomic E-state index is -1.72. The quantitative estimate of drug-likeness (QED) is 0.624.